The fraction of sp³-hybridized carbons (Fsp3) is 0.208. The lowest BCUT2D eigenvalue weighted by molar-refractivity contribution is 0.102. The van der Waals surface area contributed by atoms with Gasteiger partial charge in [0.25, 0.3) is 5.91 Å². The lowest BCUT2D eigenvalue weighted by Crippen LogP contribution is -2.15. The molecule has 1 amide bonds. The van der Waals surface area contributed by atoms with Gasteiger partial charge in [-0.1, -0.05) is 40.7 Å². The number of carbonyl (C=O) groups is 1. The zero-order chi connectivity index (χ0) is 23.4. The molecular formula is C24H24N6O2S. The summed E-state index contributed by atoms with van der Waals surface area (Å²) in [4.78, 5) is 22.1. The number of aryl methyl sites for hydroxylation is 3. The van der Waals surface area contributed by atoms with E-state index in [-0.39, 0.29) is 11.6 Å². The number of nitrogens with zero attached hydrogens (tertiary/aromatic N) is 5. The molecule has 33 heavy (non-hydrogen) atoms. The Balaban J connectivity index is 1.66. The molecule has 2 heterocycles. The zero-order valence-electron chi connectivity index (χ0n) is 18.9. The minimum Gasteiger partial charge on any atom is -0.497 e. The highest BCUT2D eigenvalue weighted by Crippen LogP contribution is 2.25. The summed E-state index contributed by atoms with van der Waals surface area (Å²) in [6.45, 7) is 5.89. The minimum absolute atomic E-state index is 0.246. The molecule has 4 rings (SSSR count). The van der Waals surface area contributed by atoms with Gasteiger partial charge < -0.3 is 10.1 Å². The average molecular weight is 461 g/mol. The van der Waals surface area contributed by atoms with Crippen molar-refractivity contribution in [3.05, 3.63) is 82.9 Å². The number of anilines is 1. The number of methoxy groups -OCH3 is 1. The molecule has 0 radical (unpaired) electrons. The van der Waals surface area contributed by atoms with Gasteiger partial charge in [-0.15, -0.1) is 5.10 Å². The molecule has 0 unspecified atom stereocenters. The number of carbonyl (C=O) groups excluding carboxylic acids is 1. The van der Waals surface area contributed by atoms with Crippen molar-refractivity contribution >= 4 is 23.4 Å². The number of ether oxygens (including phenoxy) is 1. The molecule has 0 aliphatic carbocycles. The van der Waals surface area contributed by atoms with E-state index in [0.717, 1.165) is 22.6 Å². The van der Waals surface area contributed by atoms with E-state index in [1.54, 1.807) is 23.9 Å². The van der Waals surface area contributed by atoms with Gasteiger partial charge >= 0.3 is 0 Å². The summed E-state index contributed by atoms with van der Waals surface area (Å²) in [7, 11) is 1.58. The second kappa shape index (κ2) is 9.83. The fourth-order valence-corrected chi connectivity index (χ4v) is 4.22. The van der Waals surface area contributed by atoms with E-state index in [1.165, 1.54) is 11.8 Å². The third kappa shape index (κ3) is 5.38. The highest BCUT2D eigenvalue weighted by Gasteiger charge is 2.22. The molecule has 4 aromatic rings. The predicted octanol–water partition coefficient (Wildman–Crippen LogP) is 4.54. The second-order valence-corrected chi connectivity index (χ2v) is 8.48. The first-order valence-electron chi connectivity index (χ1n) is 10.3. The standard InChI is InChI=1S/C24H24N6O2S/c1-15-8-10-19(11-9-15)30-21(14-33-24-25-16(2)12-17(3)26-24)22(28-29-30)23(31)27-18-6-5-7-20(13-18)32-4/h5-13H,14H2,1-4H3,(H,27,31). The number of nitrogens with one attached hydrogen (secondary N) is 1. The van der Waals surface area contributed by atoms with E-state index in [9.17, 15) is 4.79 Å². The minimum atomic E-state index is -0.349. The van der Waals surface area contributed by atoms with Crippen LogP contribution in [0.5, 0.6) is 5.75 Å². The molecule has 1 N–H and O–H groups in total. The van der Waals surface area contributed by atoms with Crippen molar-refractivity contribution in [2.75, 3.05) is 12.4 Å². The van der Waals surface area contributed by atoms with E-state index < -0.39 is 0 Å². The van der Waals surface area contributed by atoms with Crippen molar-refractivity contribution in [2.45, 2.75) is 31.7 Å². The second-order valence-electron chi connectivity index (χ2n) is 7.54. The molecule has 0 spiro atoms. The predicted molar refractivity (Wildman–Crippen MR) is 128 cm³/mol. The van der Waals surface area contributed by atoms with E-state index in [4.69, 9.17) is 4.74 Å². The zero-order valence-corrected chi connectivity index (χ0v) is 19.7. The van der Waals surface area contributed by atoms with Crippen LogP contribution in [-0.4, -0.2) is 38.0 Å². The molecule has 9 heteroatoms. The largest absolute Gasteiger partial charge is 0.497 e. The third-order valence-corrected chi connectivity index (χ3v) is 5.74. The van der Waals surface area contributed by atoms with Crippen molar-refractivity contribution in [2.24, 2.45) is 0 Å². The summed E-state index contributed by atoms with van der Waals surface area (Å²) in [6.07, 6.45) is 0. The molecule has 0 saturated carbocycles. The monoisotopic (exact) mass is 460 g/mol. The molecule has 0 aliphatic rings. The van der Waals surface area contributed by atoms with Crippen LogP contribution in [0.4, 0.5) is 5.69 Å². The smallest absolute Gasteiger partial charge is 0.278 e. The normalized spacial score (nSPS) is 10.8. The van der Waals surface area contributed by atoms with E-state index in [2.05, 4.69) is 25.6 Å². The van der Waals surface area contributed by atoms with Crippen molar-refractivity contribution in [3.8, 4) is 11.4 Å². The van der Waals surface area contributed by atoms with Crippen LogP contribution in [0.3, 0.4) is 0 Å². The highest BCUT2D eigenvalue weighted by atomic mass is 32.2. The maximum Gasteiger partial charge on any atom is 0.278 e. The van der Waals surface area contributed by atoms with Gasteiger partial charge in [0.2, 0.25) is 0 Å². The fourth-order valence-electron chi connectivity index (χ4n) is 3.28. The van der Waals surface area contributed by atoms with Crippen LogP contribution in [-0.2, 0) is 5.75 Å². The van der Waals surface area contributed by atoms with E-state index in [0.29, 0.717) is 28.0 Å². The van der Waals surface area contributed by atoms with Crippen LogP contribution in [0.15, 0.2) is 59.8 Å². The molecule has 0 bridgehead atoms. The number of hydrogen-bond acceptors (Lipinski definition) is 7. The lowest BCUT2D eigenvalue weighted by Gasteiger charge is -2.10. The Morgan fingerprint density at radius 2 is 1.76 bits per heavy atom. The van der Waals surface area contributed by atoms with E-state index in [1.807, 2.05) is 63.2 Å². The Morgan fingerprint density at radius 3 is 2.45 bits per heavy atom. The van der Waals surface area contributed by atoms with Gasteiger partial charge in [-0.25, -0.2) is 14.6 Å². The van der Waals surface area contributed by atoms with E-state index >= 15 is 0 Å². The number of aromatic nitrogens is 5. The Labute approximate surface area is 196 Å². The molecule has 0 aliphatic heterocycles. The molecule has 168 valence electrons. The molecule has 0 fully saturated rings. The van der Waals surface area contributed by atoms with Crippen LogP contribution in [0.2, 0.25) is 0 Å². The van der Waals surface area contributed by atoms with Crippen molar-refractivity contribution in [1.82, 2.24) is 25.0 Å². The van der Waals surface area contributed by atoms with Crippen LogP contribution in [0.1, 0.15) is 33.1 Å². The lowest BCUT2D eigenvalue weighted by atomic mass is 10.2. The first-order valence-corrected chi connectivity index (χ1v) is 11.3. The van der Waals surface area contributed by atoms with Gasteiger partial charge in [-0.05, 0) is 51.1 Å². The number of amides is 1. The van der Waals surface area contributed by atoms with Gasteiger partial charge in [-0.2, -0.15) is 0 Å². The number of thioether (sulfide) groups is 1. The molecule has 0 saturated heterocycles. The molecule has 0 atom stereocenters. The molecule has 2 aromatic heterocycles. The number of rotatable bonds is 7. The Bertz CT molecular complexity index is 1270. The van der Waals surface area contributed by atoms with Crippen LogP contribution < -0.4 is 10.1 Å². The van der Waals surface area contributed by atoms with Crippen LogP contribution in [0, 0.1) is 20.8 Å². The summed E-state index contributed by atoms with van der Waals surface area (Å²) in [5, 5.41) is 12.0. The first-order chi connectivity index (χ1) is 15.9. The van der Waals surface area contributed by atoms with Gasteiger partial charge in [-0.3, -0.25) is 4.79 Å². The highest BCUT2D eigenvalue weighted by molar-refractivity contribution is 7.98. The maximum absolute atomic E-state index is 13.1. The number of hydrogen-bond donors (Lipinski definition) is 1. The quantitative estimate of drug-likeness (QED) is 0.320. The molecule has 2 aromatic carbocycles. The molecule has 8 nitrogen and oxygen atoms in total. The number of benzene rings is 2. The average Bonchev–Trinajstić information content (AvgIpc) is 3.22. The third-order valence-electron chi connectivity index (χ3n) is 4.88. The Kier molecular flexibility index (Phi) is 6.69. The van der Waals surface area contributed by atoms with Crippen molar-refractivity contribution in [3.63, 3.8) is 0 Å². The maximum atomic E-state index is 13.1. The first kappa shape index (κ1) is 22.5. The van der Waals surface area contributed by atoms with Crippen LogP contribution in [0.25, 0.3) is 5.69 Å². The topological polar surface area (TPSA) is 94.8 Å². The Hall–Kier alpha value is -3.72. The van der Waals surface area contributed by atoms with Crippen LogP contribution >= 0.6 is 11.8 Å². The SMILES string of the molecule is COc1cccc(NC(=O)c2nnn(-c3ccc(C)cc3)c2CSc2nc(C)cc(C)n2)c1. The van der Waals surface area contributed by atoms with Gasteiger partial charge in [0.1, 0.15) is 5.75 Å². The molecular weight excluding hydrogens is 436 g/mol. The summed E-state index contributed by atoms with van der Waals surface area (Å²) in [5.41, 5.74) is 5.26. The van der Waals surface area contributed by atoms with Crippen molar-refractivity contribution in [1.29, 1.82) is 0 Å². The summed E-state index contributed by atoms with van der Waals surface area (Å²) < 4.78 is 6.93. The van der Waals surface area contributed by atoms with Gasteiger partial charge in [0.05, 0.1) is 18.5 Å². The van der Waals surface area contributed by atoms with Crippen molar-refractivity contribution < 1.29 is 9.53 Å². The summed E-state index contributed by atoms with van der Waals surface area (Å²) in [6, 6.07) is 17.0. The Morgan fingerprint density at radius 1 is 1.03 bits per heavy atom. The summed E-state index contributed by atoms with van der Waals surface area (Å²) in [5.74, 6) is 0.724. The summed E-state index contributed by atoms with van der Waals surface area (Å²) >= 11 is 1.44. The van der Waals surface area contributed by atoms with Gasteiger partial charge in [0, 0.05) is 28.9 Å². The van der Waals surface area contributed by atoms with Gasteiger partial charge in [0.15, 0.2) is 10.9 Å².